The summed E-state index contributed by atoms with van der Waals surface area (Å²) >= 11 is 0. The second-order valence-corrected chi connectivity index (χ2v) is 11.0. The average Bonchev–Trinajstić information content (AvgIpc) is 2.88. The Labute approximate surface area is 182 Å². The van der Waals surface area contributed by atoms with E-state index < -0.39 is 0 Å². The molecular formula is C26H36BNO2. The van der Waals surface area contributed by atoms with Gasteiger partial charge in [-0.15, -0.1) is 0 Å². The lowest BCUT2D eigenvalue weighted by atomic mass is 9.68. The quantitative estimate of drug-likeness (QED) is 0.636. The maximum absolute atomic E-state index is 6.16. The molecule has 0 spiro atoms. The minimum atomic E-state index is -0.356. The Balaban J connectivity index is 1.55. The number of aryl methyl sites for hydroxylation is 1. The van der Waals surface area contributed by atoms with Gasteiger partial charge in [0.25, 0.3) is 0 Å². The molecule has 1 fully saturated rings. The van der Waals surface area contributed by atoms with E-state index in [0.29, 0.717) is 5.92 Å². The van der Waals surface area contributed by atoms with Gasteiger partial charge in [0.05, 0.1) is 11.2 Å². The zero-order valence-electron chi connectivity index (χ0n) is 19.9. The summed E-state index contributed by atoms with van der Waals surface area (Å²) in [5.41, 5.74) is 7.49. The highest BCUT2D eigenvalue weighted by molar-refractivity contribution is 6.62. The van der Waals surface area contributed by atoms with Crippen molar-refractivity contribution in [2.45, 2.75) is 97.2 Å². The second-order valence-electron chi connectivity index (χ2n) is 11.0. The van der Waals surface area contributed by atoms with Crippen molar-refractivity contribution >= 4 is 12.6 Å². The molecule has 1 aliphatic heterocycles. The molecule has 1 atom stereocenters. The van der Waals surface area contributed by atoms with Crippen LogP contribution in [-0.4, -0.2) is 23.3 Å². The van der Waals surface area contributed by atoms with Crippen molar-refractivity contribution in [3.05, 3.63) is 58.4 Å². The monoisotopic (exact) mass is 405 g/mol. The van der Waals surface area contributed by atoms with E-state index in [1.165, 1.54) is 35.1 Å². The number of rotatable bonds is 3. The molecule has 30 heavy (non-hydrogen) atoms. The normalized spacial score (nSPS) is 24.0. The lowest BCUT2D eigenvalue weighted by molar-refractivity contribution is 0.00578. The van der Waals surface area contributed by atoms with Crippen LogP contribution in [0.25, 0.3) is 0 Å². The van der Waals surface area contributed by atoms with Crippen LogP contribution in [0, 0.1) is 6.92 Å². The molecule has 2 aromatic rings. The van der Waals surface area contributed by atoms with Crippen molar-refractivity contribution in [3.8, 4) is 0 Å². The molecule has 0 radical (unpaired) electrons. The predicted molar refractivity (Wildman–Crippen MR) is 125 cm³/mol. The van der Waals surface area contributed by atoms with Gasteiger partial charge in [0.15, 0.2) is 0 Å². The predicted octanol–water partition coefficient (Wildman–Crippen LogP) is 5.45. The molecule has 1 saturated heterocycles. The van der Waals surface area contributed by atoms with E-state index in [-0.39, 0.29) is 23.7 Å². The van der Waals surface area contributed by atoms with Gasteiger partial charge in [-0.2, -0.15) is 0 Å². The average molecular weight is 405 g/mol. The van der Waals surface area contributed by atoms with Gasteiger partial charge in [-0.25, -0.2) is 0 Å². The van der Waals surface area contributed by atoms with E-state index >= 15 is 0 Å². The van der Waals surface area contributed by atoms with Crippen molar-refractivity contribution in [2.24, 2.45) is 0 Å². The van der Waals surface area contributed by atoms with Crippen molar-refractivity contribution < 1.29 is 9.31 Å². The van der Waals surface area contributed by atoms with Crippen molar-refractivity contribution in [3.63, 3.8) is 0 Å². The van der Waals surface area contributed by atoms with Crippen molar-refractivity contribution in [2.75, 3.05) is 0 Å². The summed E-state index contributed by atoms with van der Waals surface area (Å²) in [6.45, 7) is 17.7. The Morgan fingerprint density at radius 1 is 1.03 bits per heavy atom. The third-order valence-corrected chi connectivity index (χ3v) is 7.72. The van der Waals surface area contributed by atoms with Crippen molar-refractivity contribution in [1.29, 1.82) is 0 Å². The van der Waals surface area contributed by atoms with E-state index in [2.05, 4.69) is 79.7 Å². The van der Waals surface area contributed by atoms with Gasteiger partial charge in [0.1, 0.15) is 0 Å². The topological polar surface area (TPSA) is 31.4 Å². The van der Waals surface area contributed by atoms with E-state index in [0.717, 1.165) is 17.6 Å². The molecule has 1 aromatic heterocycles. The third kappa shape index (κ3) is 3.73. The first-order valence-electron chi connectivity index (χ1n) is 11.3. The summed E-state index contributed by atoms with van der Waals surface area (Å²) in [6, 6.07) is 9.09. The molecule has 0 amide bonds. The molecule has 3 nitrogen and oxygen atoms in total. The minimum absolute atomic E-state index is 0.272. The summed E-state index contributed by atoms with van der Waals surface area (Å²) in [4.78, 5) is 4.75. The molecule has 1 aliphatic carbocycles. The molecule has 160 valence electrons. The summed E-state index contributed by atoms with van der Waals surface area (Å²) in [6.07, 6.45) is 5.30. The van der Waals surface area contributed by atoms with Gasteiger partial charge >= 0.3 is 7.12 Å². The highest BCUT2D eigenvalue weighted by Gasteiger charge is 2.51. The van der Waals surface area contributed by atoms with Crippen LogP contribution in [0.15, 0.2) is 30.5 Å². The number of hydrogen-bond acceptors (Lipinski definition) is 3. The Bertz CT molecular complexity index is 930. The molecule has 0 N–H and O–H groups in total. The van der Waals surface area contributed by atoms with Crippen LogP contribution in [0.2, 0.25) is 0 Å². The first kappa shape index (κ1) is 21.6. The fourth-order valence-corrected chi connectivity index (χ4v) is 4.68. The number of pyridine rings is 1. The maximum Gasteiger partial charge on any atom is 0.496 e. The summed E-state index contributed by atoms with van der Waals surface area (Å²) in [7, 11) is -0.356. The van der Waals surface area contributed by atoms with E-state index in [1.807, 2.05) is 6.20 Å². The van der Waals surface area contributed by atoms with E-state index in [1.54, 1.807) is 0 Å². The highest BCUT2D eigenvalue weighted by atomic mass is 16.7. The van der Waals surface area contributed by atoms with Crippen molar-refractivity contribution in [1.82, 2.24) is 4.98 Å². The van der Waals surface area contributed by atoms with E-state index in [4.69, 9.17) is 14.3 Å². The van der Waals surface area contributed by atoms with Crippen LogP contribution in [0.5, 0.6) is 0 Å². The standard InChI is InChI=1S/C26H36BNO2/c1-17-11-12-24(3,4)23-13-18(2)19(15-22(17)23)14-21-10-9-20(16-28-21)27-29-25(5,6)26(7,8)30-27/h9-10,13,15-17H,11-12,14H2,1-8H3. The first-order valence-corrected chi connectivity index (χ1v) is 11.3. The van der Waals surface area contributed by atoms with Gasteiger partial charge in [-0.3, -0.25) is 4.98 Å². The van der Waals surface area contributed by atoms with Gasteiger partial charge in [-0.1, -0.05) is 39.0 Å². The number of aromatic nitrogens is 1. The van der Waals surface area contributed by atoms with Crippen LogP contribution in [0.4, 0.5) is 0 Å². The molecule has 2 heterocycles. The molecule has 4 heteroatoms. The zero-order valence-corrected chi connectivity index (χ0v) is 19.9. The zero-order chi connectivity index (χ0) is 21.9. The van der Waals surface area contributed by atoms with Gasteiger partial charge in [0.2, 0.25) is 0 Å². The van der Waals surface area contributed by atoms with Crippen LogP contribution >= 0.6 is 0 Å². The Kier molecular flexibility index (Phi) is 5.18. The highest BCUT2D eigenvalue weighted by Crippen LogP contribution is 2.43. The van der Waals surface area contributed by atoms with Crippen LogP contribution in [0.1, 0.15) is 95.2 Å². The molecule has 1 unspecified atom stereocenters. The molecule has 0 saturated carbocycles. The summed E-state index contributed by atoms with van der Waals surface area (Å²) < 4.78 is 12.3. The summed E-state index contributed by atoms with van der Waals surface area (Å²) in [5.74, 6) is 0.631. The van der Waals surface area contributed by atoms with Crippen LogP contribution in [-0.2, 0) is 21.1 Å². The Hall–Kier alpha value is -1.65. The number of benzene rings is 1. The van der Waals surface area contributed by atoms with Crippen LogP contribution < -0.4 is 5.46 Å². The van der Waals surface area contributed by atoms with Gasteiger partial charge < -0.3 is 9.31 Å². The summed E-state index contributed by atoms with van der Waals surface area (Å²) in [5, 5.41) is 0. The number of fused-ring (bicyclic) bond motifs is 1. The lowest BCUT2D eigenvalue weighted by Gasteiger charge is -2.36. The molecule has 4 rings (SSSR count). The molecular weight excluding hydrogens is 369 g/mol. The molecule has 0 bridgehead atoms. The van der Waals surface area contributed by atoms with E-state index in [9.17, 15) is 0 Å². The Morgan fingerprint density at radius 3 is 2.30 bits per heavy atom. The van der Waals surface area contributed by atoms with Gasteiger partial charge in [0, 0.05) is 23.8 Å². The molecule has 2 aliphatic rings. The fraction of sp³-hybridized carbons (Fsp3) is 0.577. The Morgan fingerprint density at radius 2 is 1.70 bits per heavy atom. The minimum Gasteiger partial charge on any atom is -0.399 e. The smallest absolute Gasteiger partial charge is 0.399 e. The first-order chi connectivity index (χ1) is 13.9. The lowest BCUT2D eigenvalue weighted by Crippen LogP contribution is -2.41. The third-order valence-electron chi connectivity index (χ3n) is 7.72. The second kappa shape index (κ2) is 7.20. The largest absolute Gasteiger partial charge is 0.496 e. The SMILES string of the molecule is Cc1cc2c(cc1Cc1ccc(B3OC(C)(C)C(C)(C)O3)cn1)C(C)CCC2(C)C. The fourth-order valence-electron chi connectivity index (χ4n) is 4.68. The van der Waals surface area contributed by atoms with Gasteiger partial charge in [-0.05, 0) is 87.1 Å². The van der Waals surface area contributed by atoms with Crippen LogP contribution in [0.3, 0.4) is 0 Å². The maximum atomic E-state index is 6.16. The number of nitrogens with zero attached hydrogens (tertiary/aromatic N) is 1. The number of hydrogen-bond donors (Lipinski definition) is 0. The molecule has 1 aromatic carbocycles.